The molecule has 0 radical (unpaired) electrons. The lowest BCUT2D eigenvalue weighted by Crippen LogP contribution is -2.11. The summed E-state index contributed by atoms with van der Waals surface area (Å²) in [5.41, 5.74) is 4.76. The minimum atomic E-state index is -0.137. The highest BCUT2D eigenvalue weighted by atomic mass is 16.2. The third-order valence-electron chi connectivity index (χ3n) is 4.69. The average Bonchev–Trinajstić information content (AvgIpc) is 2.81. The van der Waals surface area contributed by atoms with Crippen LogP contribution in [-0.4, -0.2) is 11.8 Å². The van der Waals surface area contributed by atoms with Gasteiger partial charge in [-0.15, -0.1) is 0 Å². The average molecular weight is 392 g/mol. The molecule has 0 unspecified atom stereocenters. The van der Waals surface area contributed by atoms with E-state index in [1.165, 1.54) is 0 Å². The number of rotatable bonds is 5. The van der Waals surface area contributed by atoms with Crippen LogP contribution >= 0.6 is 0 Å². The van der Waals surface area contributed by atoms with Crippen LogP contribution in [0.25, 0.3) is 11.1 Å². The van der Waals surface area contributed by atoms with E-state index in [-0.39, 0.29) is 11.8 Å². The molecule has 4 aromatic carbocycles. The molecule has 0 aliphatic rings. The van der Waals surface area contributed by atoms with E-state index in [4.69, 9.17) is 0 Å². The number of hydrogen-bond acceptors (Lipinski definition) is 2. The Morgan fingerprint density at radius 2 is 0.767 bits per heavy atom. The van der Waals surface area contributed by atoms with Gasteiger partial charge in [0.25, 0.3) is 11.8 Å². The van der Waals surface area contributed by atoms with Gasteiger partial charge in [-0.2, -0.15) is 0 Å². The minimum Gasteiger partial charge on any atom is -0.322 e. The third-order valence-corrected chi connectivity index (χ3v) is 4.69. The Kier molecular flexibility index (Phi) is 5.67. The summed E-state index contributed by atoms with van der Waals surface area (Å²) >= 11 is 0. The topological polar surface area (TPSA) is 58.2 Å². The van der Waals surface area contributed by atoms with Crippen LogP contribution in [-0.2, 0) is 0 Å². The molecule has 4 heteroatoms. The van der Waals surface area contributed by atoms with Crippen molar-refractivity contribution in [3.8, 4) is 11.1 Å². The Balaban J connectivity index is 1.41. The summed E-state index contributed by atoms with van der Waals surface area (Å²) in [5, 5.41) is 5.79. The molecule has 2 amide bonds. The highest BCUT2D eigenvalue weighted by molar-refractivity contribution is 6.05. The Morgan fingerprint density at radius 1 is 0.433 bits per heavy atom. The molecule has 4 rings (SSSR count). The fraction of sp³-hybridized carbons (Fsp3) is 0. The number of hydrogen-bond donors (Lipinski definition) is 2. The van der Waals surface area contributed by atoms with Crippen molar-refractivity contribution in [1.82, 2.24) is 0 Å². The van der Waals surface area contributed by atoms with Gasteiger partial charge < -0.3 is 10.6 Å². The summed E-state index contributed by atoms with van der Waals surface area (Å²) in [7, 11) is 0. The number of carbonyl (C=O) groups excluding carboxylic acids is 2. The molecule has 146 valence electrons. The molecule has 0 saturated carbocycles. The zero-order chi connectivity index (χ0) is 20.8. The van der Waals surface area contributed by atoms with Gasteiger partial charge in [-0.1, -0.05) is 60.7 Å². The Bertz CT molecular complexity index is 1040. The predicted molar refractivity (Wildman–Crippen MR) is 121 cm³/mol. The van der Waals surface area contributed by atoms with Crippen molar-refractivity contribution in [1.29, 1.82) is 0 Å². The molecule has 30 heavy (non-hydrogen) atoms. The Morgan fingerprint density at radius 3 is 1.10 bits per heavy atom. The molecule has 0 heterocycles. The normalized spacial score (nSPS) is 10.3. The highest BCUT2D eigenvalue weighted by Gasteiger charge is 2.07. The second-order valence-electron chi connectivity index (χ2n) is 6.79. The van der Waals surface area contributed by atoms with Gasteiger partial charge in [-0.05, 0) is 59.7 Å². The molecular formula is C26H20N2O2. The zero-order valence-electron chi connectivity index (χ0n) is 16.2. The summed E-state index contributed by atoms with van der Waals surface area (Å²) in [6, 6.07) is 33.6. The zero-order valence-corrected chi connectivity index (χ0v) is 16.2. The Hall–Kier alpha value is -4.18. The van der Waals surface area contributed by atoms with Crippen LogP contribution in [0, 0.1) is 0 Å². The van der Waals surface area contributed by atoms with E-state index in [9.17, 15) is 9.59 Å². The van der Waals surface area contributed by atoms with Crippen LogP contribution < -0.4 is 10.6 Å². The summed E-state index contributed by atoms with van der Waals surface area (Å²) < 4.78 is 0. The summed E-state index contributed by atoms with van der Waals surface area (Å²) in [6.07, 6.45) is 0. The summed E-state index contributed by atoms with van der Waals surface area (Å²) in [4.78, 5) is 24.5. The molecule has 0 saturated heterocycles. The van der Waals surface area contributed by atoms with E-state index in [1.807, 2.05) is 84.9 Å². The lowest BCUT2D eigenvalue weighted by Gasteiger charge is -2.09. The van der Waals surface area contributed by atoms with Gasteiger partial charge in [-0.25, -0.2) is 0 Å². The quantitative estimate of drug-likeness (QED) is 0.447. The van der Waals surface area contributed by atoms with Crippen molar-refractivity contribution >= 4 is 23.2 Å². The molecule has 4 nitrogen and oxygen atoms in total. The van der Waals surface area contributed by atoms with Crippen molar-refractivity contribution in [3.63, 3.8) is 0 Å². The molecule has 2 N–H and O–H groups in total. The molecule has 0 bridgehead atoms. The number of carbonyl (C=O) groups is 2. The van der Waals surface area contributed by atoms with Crippen LogP contribution in [0.1, 0.15) is 20.7 Å². The molecule has 0 atom stereocenters. The summed E-state index contributed by atoms with van der Waals surface area (Å²) in [6.45, 7) is 0. The molecule has 0 spiro atoms. The van der Waals surface area contributed by atoms with Gasteiger partial charge >= 0.3 is 0 Å². The van der Waals surface area contributed by atoms with Crippen molar-refractivity contribution in [2.24, 2.45) is 0 Å². The maximum Gasteiger partial charge on any atom is 0.255 e. The van der Waals surface area contributed by atoms with Crippen LogP contribution in [0.2, 0.25) is 0 Å². The number of nitrogens with one attached hydrogen (secondary N) is 2. The fourth-order valence-electron chi connectivity index (χ4n) is 3.08. The molecule has 0 aliphatic carbocycles. The monoisotopic (exact) mass is 392 g/mol. The van der Waals surface area contributed by atoms with Gasteiger partial charge in [0.2, 0.25) is 0 Å². The lowest BCUT2D eigenvalue weighted by atomic mass is 10.0. The van der Waals surface area contributed by atoms with E-state index in [0.717, 1.165) is 22.5 Å². The molecular weight excluding hydrogens is 372 g/mol. The van der Waals surface area contributed by atoms with Gasteiger partial charge in [0.1, 0.15) is 0 Å². The van der Waals surface area contributed by atoms with Crippen molar-refractivity contribution in [3.05, 3.63) is 120 Å². The minimum absolute atomic E-state index is 0.137. The molecule has 0 aliphatic heterocycles. The Labute approximate surface area is 175 Å². The maximum atomic E-state index is 12.3. The van der Waals surface area contributed by atoms with Gasteiger partial charge in [0.05, 0.1) is 0 Å². The van der Waals surface area contributed by atoms with Crippen LogP contribution in [0.5, 0.6) is 0 Å². The first kappa shape index (κ1) is 19.2. The molecule has 4 aromatic rings. The fourth-order valence-corrected chi connectivity index (χ4v) is 3.08. The van der Waals surface area contributed by atoms with Crippen LogP contribution in [0.4, 0.5) is 11.4 Å². The van der Waals surface area contributed by atoms with E-state index >= 15 is 0 Å². The molecule has 0 fully saturated rings. The SMILES string of the molecule is O=C(Nc1ccc(-c2ccc(NC(=O)c3ccccc3)cc2)cc1)c1ccccc1. The van der Waals surface area contributed by atoms with E-state index < -0.39 is 0 Å². The first-order valence-corrected chi connectivity index (χ1v) is 9.62. The first-order chi connectivity index (χ1) is 14.7. The van der Waals surface area contributed by atoms with E-state index in [2.05, 4.69) is 10.6 Å². The van der Waals surface area contributed by atoms with Crippen LogP contribution in [0.15, 0.2) is 109 Å². The third kappa shape index (κ3) is 4.62. The van der Waals surface area contributed by atoms with Gasteiger partial charge in [0, 0.05) is 22.5 Å². The standard InChI is InChI=1S/C26H20N2O2/c29-25(21-7-3-1-4-8-21)27-23-15-11-19(12-16-23)20-13-17-24(18-14-20)28-26(30)22-9-5-2-6-10-22/h1-18H,(H,27,29)(H,28,30). The van der Waals surface area contributed by atoms with E-state index in [1.54, 1.807) is 24.3 Å². The first-order valence-electron chi connectivity index (χ1n) is 9.62. The highest BCUT2D eigenvalue weighted by Crippen LogP contribution is 2.23. The largest absolute Gasteiger partial charge is 0.322 e. The smallest absolute Gasteiger partial charge is 0.255 e. The number of benzene rings is 4. The lowest BCUT2D eigenvalue weighted by molar-refractivity contribution is 0.101. The van der Waals surface area contributed by atoms with Crippen LogP contribution in [0.3, 0.4) is 0 Å². The predicted octanol–water partition coefficient (Wildman–Crippen LogP) is 5.86. The van der Waals surface area contributed by atoms with Crippen molar-refractivity contribution < 1.29 is 9.59 Å². The number of anilines is 2. The second-order valence-corrected chi connectivity index (χ2v) is 6.79. The summed E-state index contributed by atoms with van der Waals surface area (Å²) in [5.74, 6) is -0.274. The maximum absolute atomic E-state index is 12.3. The van der Waals surface area contributed by atoms with Crippen molar-refractivity contribution in [2.75, 3.05) is 10.6 Å². The molecule has 0 aromatic heterocycles. The van der Waals surface area contributed by atoms with Gasteiger partial charge in [-0.3, -0.25) is 9.59 Å². The van der Waals surface area contributed by atoms with Gasteiger partial charge in [0.15, 0.2) is 0 Å². The number of amides is 2. The van der Waals surface area contributed by atoms with Crippen molar-refractivity contribution in [2.45, 2.75) is 0 Å². The van der Waals surface area contributed by atoms with E-state index in [0.29, 0.717) is 11.1 Å². The second kappa shape index (κ2) is 8.88.